The number of H-pyrrole nitrogens is 1. The van der Waals surface area contributed by atoms with E-state index in [0.717, 1.165) is 46.3 Å². The average Bonchev–Trinajstić information content (AvgIpc) is 3.41. The average molecular weight is 428 g/mol. The molecule has 1 aliphatic heterocycles. The van der Waals surface area contributed by atoms with Crippen molar-refractivity contribution in [3.05, 3.63) is 83.2 Å². The van der Waals surface area contributed by atoms with Gasteiger partial charge in [-0.25, -0.2) is 4.68 Å². The van der Waals surface area contributed by atoms with Crippen molar-refractivity contribution in [2.75, 3.05) is 5.32 Å². The lowest BCUT2D eigenvalue weighted by molar-refractivity contribution is -0.116. The summed E-state index contributed by atoms with van der Waals surface area (Å²) in [4.78, 5) is 21.2. The highest BCUT2D eigenvalue weighted by Crippen LogP contribution is 2.42. The Labute approximate surface area is 183 Å². The van der Waals surface area contributed by atoms with Gasteiger partial charge in [0, 0.05) is 46.1 Å². The summed E-state index contributed by atoms with van der Waals surface area (Å²) in [5.74, 6) is 1.71. The molecule has 0 radical (unpaired) electrons. The lowest BCUT2D eigenvalue weighted by Crippen LogP contribution is -2.31. The first kappa shape index (κ1) is 18.4. The first-order valence-corrected chi connectivity index (χ1v) is 11.5. The highest BCUT2D eigenvalue weighted by molar-refractivity contribution is 7.98. The van der Waals surface area contributed by atoms with Gasteiger partial charge in [-0.3, -0.25) is 4.79 Å². The molecule has 154 valence electrons. The SMILES string of the molecule is O=C1CCCC2=C1C(c1c[nH]c3ccccc13)n1nc(SCc3ccccc3)nc1N2. The molecule has 2 aromatic heterocycles. The number of anilines is 1. The Morgan fingerprint density at radius 2 is 1.90 bits per heavy atom. The summed E-state index contributed by atoms with van der Waals surface area (Å²) in [6.45, 7) is 0. The fourth-order valence-electron chi connectivity index (χ4n) is 4.53. The van der Waals surface area contributed by atoms with E-state index in [1.807, 2.05) is 41.2 Å². The maximum Gasteiger partial charge on any atom is 0.227 e. The van der Waals surface area contributed by atoms with Crippen LogP contribution in [0.3, 0.4) is 0 Å². The molecule has 2 N–H and O–H groups in total. The Balaban J connectivity index is 1.43. The van der Waals surface area contributed by atoms with Crippen molar-refractivity contribution in [3.63, 3.8) is 0 Å². The number of carbonyl (C=O) groups excluding carboxylic acids is 1. The number of benzene rings is 2. The van der Waals surface area contributed by atoms with E-state index in [-0.39, 0.29) is 11.8 Å². The van der Waals surface area contributed by atoms with Crippen LogP contribution in [0, 0.1) is 0 Å². The number of aromatic amines is 1. The molecule has 2 aliphatic rings. The lowest BCUT2D eigenvalue weighted by Gasteiger charge is -2.31. The summed E-state index contributed by atoms with van der Waals surface area (Å²) >= 11 is 1.61. The quantitative estimate of drug-likeness (QED) is 0.445. The number of allylic oxidation sites excluding steroid dienone is 2. The normalized spacial score (nSPS) is 18.1. The zero-order chi connectivity index (χ0) is 20.8. The molecule has 3 heterocycles. The van der Waals surface area contributed by atoms with Gasteiger partial charge in [0.1, 0.15) is 6.04 Å². The molecule has 0 amide bonds. The molecule has 7 heteroatoms. The van der Waals surface area contributed by atoms with Gasteiger partial charge in [-0.15, -0.1) is 5.10 Å². The van der Waals surface area contributed by atoms with E-state index in [1.54, 1.807) is 11.8 Å². The third-order valence-electron chi connectivity index (χ3n) is 5.98. The Morgan fingerprint density at radius 1 is 1.06 bits per heavy atom. The van der Waals surface area contributed by atoms with Crippen LogP contribution in [-0.2, 0) is 10.5 Å². The summed E-state index contributed by atoms with van der Waals surface area (Å²) in [6.07, 6.45) is 4.32. The second-order valence-corrected chi connectivity index (χ2v) is 8.87. The van der Waals surface area contributed by atoms with Crippen molar-refractivity contribution in [1.29, 1.82) is 0 Å². The number of rotatable bonds is 4. The van der Waals surface area contributed by atoms with Crippen molar-refractivity contribution in [1.82, 2.24) is 19.7 Å². The molecule has 6 rings (SSSR count). The molecule has 1 unspecified atom stereocenters. The number of ketones is 1. The molecule has 6 nitrogen and oxygen atoms in total. The predicted molar refractivity (Wildman–Crippen MR) is 122 cm³/mol. The van der Waals surface area contributed by atoms with Gasteiger partial charge >= 0.3 is 0 Å². The number of nitrogens with zero attached hydrogens (tertiary/aromatic N) is 3. The number of Topliss-reactive ketones (excluding diaryl/α,β-unsaturated/α-hetero) is 1. The monoisotopic (exact) mass is 427 g/mol. The van der Waals surface area contributed by atoms with E-state index < -0.39 is 0 Å². The zero-order valence-corrected chi connectivity index (χ0v) is 17.7. The molecular weight excluding hydrogens is 406 g/mol. The number of hydrogen-bond donors (Lipinski definition) is 2. The van der Waals surface area contributed by atoms with E-state index in [0.29, 0.717) is 17.5 Å². The topological polar surface area (TPSA) is 75.6 Å². The zero-order valence-electron chi connectivity index (χ0n) is 16.8. The van der Waals surface area contributed by atoms with Gasteiger partial charge in [0.2, 0.25) is 11.1 Å². The fraction of sp³-hybridized carbons (Fsp3) is 0.208. The van der Waals surface area contributed by atoms with Crippen LogP contribution >= 0.6 is 11.8 Å². The minimum atomic E-state index is -0.270. The minimum Gasteiger partial charge on any atom is -0.361 e. The summed E-state index contributed by atoms with van der Waals surface area (Å²) < 4.78 is 1.89. The predicted octanol–water partition coefficient (Wildman–Crippen LogP) is 5.07. The van der Waals surface area contributed by atoms with E-state index in [2.05, 4.69) is 34.6 Å². The molecule has 0 saturated carbocycles. The number of aromatic nitrogens is 4. The standard InChI is InChI=1S/C24H21N5OS/c30-20-12-6-11-19-21(20)22(17-13-25-18-10-5-4-9-16(17)18)29-23(26-19)27-24(28-29)31-14-15-7-2-1-3-8-15/h1-5,7-10,13,22,25H,6,11-12,14H2,(H,26,27,28). The summed E-state index contributed by atoms with van der Waals surface area (Å²) in [7, 11) is 0. The molecule has 0 saturated heterocycles. The van der Waals surface area contributed by atoms with Crippen LogP contribution in [0.4, 0.5) is 5.95 Å². The number of thioether (sulfide) groups is 1. The number of nitrogens with one attached hydrogen (secondary N) is 2. The van der Waals surface area contributed by atoms with E-state index in [9.17, 15) is 4.79 Å². The minimum absolute atomic E-state index is 0.198. The second-order valence-electron chi connectivity index (χ2n) is 7.92. The molecule has 0 bridgehead atoms. The molecule has 0 fully saturated rings. The van der Waals surface area contributed by atoms with Crippen molar-refractivity contribution in [2.24, 2.45) is 0 Å². The lowest BCUT2D eigenvalue weighted by atomic mass is 9.85. The van der Waals surface area contributed by atoms with Gasteiger partial charge in [0.05, 0.1) is 0 Å². The van der Waals surface area contributed by atoms with Crippen LogP contribution in [-0.4, -0.2) is 25.5 Å². The van der Waals surface area contributed by atoms with E-state index in [4.69, 9.17) is 10.1 Å². The van der Waals surface area contributed by atoms with Crippen LogP contribution < -0.4 is 5.32 Å². The van der Waals surface area contributed by atoms with Gasteiger partial charge in [-0.1, -0.05) is 60.3 Å². The Kier molecular flexibility index (Phi) is 4.42. The van der Waals surface area contributed by atoms with Gasteiger partial charge in [0.25, 0.3) is 0 Å². The fourth-order valence-corrected chi connectivity index (χ4v) is 5.31. The largest absolute Gasteiger partial charge is 0.361 e. The van der Waals surface area contributed by atoms with Crippen LogP contribution in [0.2, 0.25) is 0 Å². The molecule has 4 aromatic rings. The maximum absolute atomic E-state index is 13.0. The Hall–Kier alpha value is -3.32. The number of carbonyl (C=O) groups is 1. The third-order valence-corrected chi connectivity index (χ3v) is 6.88. The van der Waals surface area contributed by atoms with Crippen molar-refractivity contribution in [3.8, 4) is 0 Å². The van der Waals surface area contributed by atoms with Gasteiger partial charge in [0.15, 0.2) is 5.78 Å². The summed E-state index contributed by atoms with van der Waals surface area (Å²) in [6, 6.07) is 18.2. The van der Waals surface area contributed by atoms with Gasteiger partial charge < -0.3 is 10.3 Å². The Morgan fingerprint density at radius 3 is 2.81 bits per heavy atom. The smallest absolute Gasteiger partial charge is 0.227 e. The highest BCUT2D eigenvalue weighted by atomic mass is 32.2. The molecule has 31 heavy (non-hydrogen) atoms. The highest BCUT2D eigenvalue weighted by Gasteiger charge is 2.37. The van der Waals surface area contributed by atoms with Gasteiger partial charge in [-0.05, 0) is 24.5 Å². The first-order valence-electron chi connectivity index (χ1n) is 10.5. The van der Waals surface area contributed by atoms with Crippen LogP contribution in [0.25, 0.3) is 10.9 Å². The molecule has 2 aromatic carbocycles. The molecular formula is C24H21N5OS. The molecule has 0 spiro atoms. The number of hydrogen-bond acceptors (Lipinski definition) is 5. The van der Waals surface area contributed by atoms with E-state index >= 15 is 0 Å². The van der Waals surface area contributed by atoms with Crippen LogP contribution in [0.1, 0.15) is 36.4 Å². The first-order chi connectivity index (χ1) is 15.3. The molecule has 1 atom stereocenters. The number of fused-ring (bicyclic) bond motifs is 2. The number of para-hydroxylation sites is 1. The van der Waals surface area contributed by atoms with Crippen LogP contribution in [0.15, 0.2) is 77.2 Å². The third kappa shape index (κ3) is 3.16. The van der Waals surface area contributed by atoms with Crippen molar-refractivity contribution in [2.45, 2.75) is 36.2 Å². The van der Waals surface area contributed by atoms with Crippen LogP contribution in [0.5, 0.6) is 0 Å². The maximum atomic E-state index is 13.0. The molecule has 1 aliphatic carbocycles. The van der Waals surface area contributed by atoms with Crippen molar-refractivity contribution < 1.29 is 4.79 Å². The second kappa shape index (κ2) is 7.42. The van der Waals surface area contributed by atoms with Crippen molar-refractivity contribution >= 4 is 34.4 Å². The van der Waals surface area contributed by atoms with E-state index in [1.165, 1.54) is 5.56 Å². The van der Waals surface area contributed by atoms with Gasteiger partial charge in [-0.2, -0.15) is 4.98 Å². The summed E-state index contributed by atoms with van der Waals surface area (Å²) in [5, 5.41) is 10.1. The summed E-state index contributed by atoms with van der Waals surface area (Å²) in [5.41, 5.74) is 5.17. The Bertz CT molecular complexity index is 1320.